The number of rotatable bonds is 11. The van der Waals surface area contributed by atoms with Crippen LogP contribution in [0.25, 0.3) is 10.9 Å². The SMILES string of the molecule is COc1ccc2ncc(Cl)c(C(O)CCC3(CC(=O)O)CCN(CCCc4ccsc4)CC3)c2c1. The van der Waals surface area contributed by atoms with Gasteiger partial charge in [-0.3, -0.25) is 9.78 Å². The fourth-order valence-electron chi connectivity index (χ4n) is 5.25. The number of fused-ring (bicyclic) bond motifs is 1. The topological polar surface area (TPSA) is 82.9 Å². The quantitative estimate of drug-likeness (QED) is 0.327. The first-order valence-corrected chi connectivity index (χ1v) is 13.5. The van der Waals surface area contributed by atoms with Crippen LogP contribution < -0.4 is 4.74 Å². The van der Waals surface area contributed by atoms with E-state index in [1.54, 1.807) is 24.6 Å². The Bertz CT molecular complexity index is 1130. The first-order chi connectivity index (χ1) is 16.9. The monoisotopic (exact) mass is 516 g/mol. The number of aliphatic hydroxyl groups is 1. The summed E-state index contributed by atoms with van der Waals surface area (Å²) in [5, 5.41) is 26.3. The third-order valence-corrected chi connectivity index (χ3v) is 8.35. The highest BCUT2D eigenvalue weighted by atomic mass is 35.5. The highest BCUT2D eigenvalue weighted by Gasteiger charge is 2.37. The summed E-state index contributed by atoms with van der Waals surface area (Å²) in [6.45, 7) is 2.81. The van der Waals surface area contributed by atoms with Crippen LogP contribution >= 0.6 is 22.9 Å². The summed E-state index contributed by atoms with van der Waals surface area (Å²) in [7, 11) is 1.60. The molecule has 0 saturated carbocycles. The number of hydrogen-bond donors (Lipinski definition) is 2. The zero-order valence-corrected chi connectivity index (χ0v) is 21.7. The van der Waals surface area contributed by atoms with Crippen molar-refractivity contribution in [1.82, 2.24) is 9.88 Å². The van der Waals surface area contributed by atoms with E-state index >= 15 is 0 Å². The van der Waals surface area contributed by atoms with Gasteiger partial charge in [-0.05, 0) is 104 Å². The Balaban J connectivity index is 1.40. The number of carboxylic acid groups (broad SMARTS) is 1. The van der Waals surface area contributed by atoms with Gasteiger partial charge in [0, 0.05) is 17.1 Å². The molecule has 3 heterocycles. The maximum absolute atomic E-state index is 11.8. The zero-order valence-electron chi connectivity index (χ0n) is 20.1. The fourth-order valence-corrected chi connectivity index (χ4v) is 6.23. The van der Waals surface area contributed by atoms with Crippen LogP contribution in [0.15, 0.2) is 41.2 Å². The van der Waals surface area contributed by atoms with E-state index < -0.39 is 12.1 Å². The molecule has 1 aliphatic heterocycles. The molecule has 0 aliphatic carbocycles. The Labute approximate surface area is 215 Å². The minimum absolute atomic E-state index is 0.126. The van der Waals surface area contributed by atoms with E-state index in [9.17, 15) is 15.0 Å². The number of aromatic nitrogens is 1. The normalized spacial score (nSPS) is 16.9. The predicted octanol–water partition coefficient (Wildman–Crippen LogP) is 5.96. The van der Waals surface area contributed by atoms with Crippen LogP contribution in [0.2, 0.25) is 5.02 Å². The molecular formula is C27H33ClN2O4S. The zero-order chi connectivity index (χ0) is 24.8. The molecule has 1 saturated heterocycles. The van der Waals surface area contributed by atoms with Gasteiger partial charge in [0.05, 0.1) is 30.2 Å². The number of piperidine rings is 1. The molecule has 6 nitrogen and oxygen atoms in total. The molecule has 1 unspecified atom stereocenters. The minimum Gasteiger partial charge on any atom is -0.497 e. The second kappa shape index (κ2) is 11.7. The molecule has 0 bridgehead atoms. The lowest BCUT2D eigenvalue weighted by Crippen LogP contribution is -2.41. The third-order valence-electron chi connectivity index (χ3n) is 7.31. The minimum atomic E-state index is -0.811. The standard InChI is InChI=1S/C27H33ClN2O4S/c1-34-20-4-5-23-21(15-20)26(22(28)17-29-23)24(31)6-8-27(16-25(32)33)9-12-30(13-10-27)11-2-3-19-7-14-35-18-19/h4-5,7,14-15,17-18,24,31H,2-3,6,8-13,16H2,1H3,(H,32,33). The molecule has 0 radical (unpaired) electrons. The van der Waals surface area contributed by atoms with Crippen LogP contribution in [0.4, 0.5) is 0 Å². The number of carbonyl (C=O) groups is 1. The maximum Gasteiger partial charge on any atom is 0.303 e. The van der Waals surface area contributed by atoms with E-state index in [0.29, 0.717) is 29.2 Å². The number of thiophene rings is 1. The van der Waals surface area contributed by atoms with Crippen molar-refractivity contribution >= 4 is 39.8 Å². The van der Waals surface area contributed by atoms with Gasteiger partial charge in [-0.1, -0.05) is 11.6 Å². The molecule has 1 fully saturated rings. The number of ether oxygens (including phenoxy) is 1. The second-order valence-electron chi connectivity index (χ2n) is 9.60. The summed E-state index contributed by atoms with van der Waals surface area (Å²) in [6, 6.07) is 7.70. The van der Waals surface area contributed by atoms with Gasteiger partial charge in [0.2, 0.25) is 0 Å². The molecule has 1 atom stereocenters. The molecule has 2 aromatic heterocycles. The van der Waals surface area contributed by atoms with Gasteiger partial charge in [-0.15, -0.1) is 0 Å². The molecule has 0 spiro atoms. The Kier molecular flexibility index (Phi) is 8.65. The van der Waals surface area contributed by atoms with E-state index in [1.165, 1.54) is 5.56 Å². The smallest absolute Gasteiger partial charge is 0.303 e. The second-order valence-corrected chi connectivity index (χ2v) is 10.8. The van der Waals surface area contributed by atoms with E-state index in [2.05, 4.69) is 26.7 Å². The Hall–Kier alpha value is -2.19. The molecule has 1 aliphatic rings. The van der Waals surface area contributed by atoms with E-state index in [4.69, 9.17) is 16.3 Å². The third kappa shape index (κ3) is 6.53. The fraction of sp³-hybridized carbons (Fsp3) is 0.481. The van der Waals surface area contributed by atoms with E-state index in [-0.39, 0.29) is 11.8 Å². The lowest BCUT2D eigenvalue weighted by atomic mass is 9.71. The summed E-state index contributed by atoms with van der Waals surface area (Å²) < 4.78 is 5.35. The van der Waals surface area contributed by atoms with Crippen molar-refractivity contribution in [3.8, 4) is 5.75 Å². The lowest BCUT2D eigenvalue weighted by molar-refractivity contribution is -0.141. The molecule has 8 heteroatoms. The van der Waals surface area contributed by atoms with Crippen molar-refractivity contribution < 1.29 is 19.7 Å². The molecule has 35 heavy (non-hydrogen) atoms. The van der Waals surface area contributed by atoms with Crippen molar-refractivity contribution in [3.63, 3.8) is 0 Å². The number of carboxylic acids is 1. The van der Waals surface area contributed by atoms with E-state index in [0.717, 1.165) is 56.2 Å². The van der Waals surface area contributed by atoms with Crippen LogP contribution in [0.3, 0.4) is 0 Å². The van der Waals surface area contributed by atoms with Crippen LogP contribution in [-0.4, -0.2) is 52.8 Å². The van der Waals surface area contributed by atoms with Crippen molar-refractivity contribution in [2.24, 2.45) is 5.41 Å². The van der Waals surface area contributed by atoms with Crippen molar-refractivity contribution in [2.75, 3.05) is 26.7 Å². The highest BCUT2D eigenvalue weighted by molar-refractivity contribution is 7.07. The number of pyridine rings is 1. The highest BCUT2D eigenvalue weighted by Crippen LogP contribution is 2.43. The average Bonchev–Trinajstić information content (AvgIpc) is 3.36. The van der Waals surface area contributed by atoms with Crippen molar-refractivity contribution in [1.29, 1.82) is 0 Å². The summed E-state index contributed by atoms with van der Waals surface area (Å²) in [5.41, 5.74) is 2.44. The Morgan fingerprint density at radius 1 is 1.31 bits per heavy atom. The van der Waals surface area contributed by atoms with Crippen LogP contribution in [0.1, 0.15) is 55.8 Å². The summed E-state index contributed by atoms with van der Waals surface area (Å²) >= 11 is 8.21. The van der Waals surface area contributed by atoms with Crippen LogP contribution in [0.5, 0.6) is 5.75 Å². The maximum atomic E-state index is 11.8. The first-order valence-electron chi connectivity index (χ1n) is 12.1. The number of nitrogens with zero attached hydrogens (tertiary/aromatic N) is 2. The molecule has 1 aromatic carbocycles. The summed E-state index contributed by atoms with van der Waals surface area (Å²) in [6.07, 6.45) is 5.80. The number of methoxy groups -OCH3 is 1. The molecule has 3 aromatic rings. The summed E-state index contributed by atoms with van der Waals surface area (Å²) in [5.74, 6) is -0.105. The molecule has 2 N–H and O–H groups in total. The number of halogens is 1. The van der Waals surface area contributed by atoms with Crippen LogP contribution in [-0.2, 0) is 11.2 Å². The first kappa shape index (κ1) is 25.9. The van der Waals surface area contributed by atoms with Gasteiger partial charge in [0.1, 0.15) is 5.75 Å². The van der Waals surface area contributed by atoms with Gasteiger partial charge < -0.3 is 19.8 Å². The van der Waals surface area contributed by atoms with Gasteiger partial charge in [-0.25, -0.2) is 0 Å². The van der Waals surface area contributed by atoms with Crippen molar-refractivity contribution in [3.05, 3.63) is 57.4 Å². The average molecular weight is 517 g/mol. The van der Waals surface area contributed by atoms with Crippen LogP contribution in [0, 0.1) is 5.41 Å². The number of benzene rings is 1. The predicted molar refractivity (Wildman–Crippen MR) is 140 cm³/mol. The molecule has 188 valence electrons. The lowest BCUT2D eigenvalue weighted by Gasteiger charge is -2.41. The van der Waals surface area contributed by atoms with Gasteiger partial charge in [0.15, 0.2) is 0 Å². The molecular weight excluding hydrogens is 484 g/mol. The Morgan fingerprint density at radius 2 is 2.11 bits per heavy atom. The molecule has 0 amide bonds. The number of likely N-dealkylation sites (tertiary alicyclic amines) is 1. The van der Waals surface area contributed by atoms with E-state index in [1.807, 2.05) is 18.2 Å². The van der Waals surface area contributed by atoms with Crippen molar-refractivity contribution in [2.45, 2.75) is 51.0 Å². The number of aliphatic hydroxyl groups excluding tert-OH is 1. The molecule has 4 rings (SSSR count). The number of aliphatic carboxylic acids is 1. The largest absolute Gasteiger partial charge is 0.497 e. The van der Waals surface area contributed by atoms with Gasteiger partial charge >= 0.3 is 5.97 Å². The number of aryl methyl sites for hydroxylation is 1. The number of hydrogen-bond acceptors (Lipinski definition) is 6. The summed E-state index contributed by atoms with van der Waals surface area (Å²) in [4.78, 5) is 18.6. The Morgan fingerprint density at radius 3 is 2.80 bits per heavy atom. The van der Waals surface area contributed by atoms with Gasteiger partial charge in [-0.2, -0.15) is 11.3 Å². The van der Waals surface area contributed by atoms with Gasteiger partial charge in [0.25, 0.3) is 0 Å².